The van der Waals surface area contributed by atoms with Crippen LogP contribution in [0, 0.1) is 0 Å². The lowest BCUT2D eigenvalue weighted by atomic mass is 10.0. The highest BCUT2D eigenvalue weighted by Crippen LogP contribution is 2.21. The molecule has 2 aromatic rings. The van der Waals surface area contributed by atoms with Gasteiger partial charge in [0.15, 0.2) is 0 Å². The first-order chi connectivity index (χ1) is 8.40. The van der Waals surface area contributed by atoms with Crippen molar-refractivity contribution in [1.82, 2.24) is 5.32 Å². The summed E-state index contributed by atoms with van der Waals surface area (Å²) in [4.78, 5) is 1.48. The molecule has 1 unspecified atom stereocenters. The first-order valence-corrected chi connectivity index (χ1v) is 7.06. The Morgan fingerprint density at radius 3 is 3.00 bits per heavy atom. The molecule has 17 heavy (non-hydrogen) atoms. The van der Waals surface area contributed by atoms with Crippen LogP contribution in [0.4, 0.5) is 0 Å². The van der Waals surface area contributed by atoms with Gasteiger partial charge >= 0.3 is 0 Å². The maximum Gasteiger partial charge on any atom is 0.0950 e. The van der Waals surface area contributed by atoms with Crippen LogP contribution in [0.25, 0.3) is 0 Å². The molecule has 3 heteroatoms. The molecule has 2 aromatic heterocycles. The maximum absolute atomic E-state index is 5.16. The van der Waals surface area contributed by atoms with Crippen molar-refractivity contribution in [1.29, 1.82) is 0 Å². The van der Waals surface area contributed by atoms with Crippen molar-refractivity contribution >= 4 is 11.3 Å². The van der Waals surface area contributed by atoms with E-state index in [1.807, 2.05) is 17.6 Å². The number of nitrogens with one attached hydrogen (secondary N) is 1. The number of rotatable bonds is 7. The van der Waals surface area contributed by atoms with Gasteiger partial charge in [-0.05, 0) is 43.3 Å². The predicted octanol–water partition coefficient (Wildman–Crippen LogP) is 4.01. The van der Waals surface area contributed by atoms with Gasteiger partial charge in [-0.3, -0.25) is 0 Å². The van der Waals surface area contributed by atoms with Crippen molar-refractivity contribution in [2.24, 2.45) is 0 Å². The molecule has 0 spiro atoms. The molecule has 92 valence electrons. The number of aryl methyl sites for hydroxylation is 1. The Hall–Kier alpha value is -1.06. The van der Waals surface area contributed by atoms with Gasteiger partial charge in [-0.1, -0.05) is 13.0 Å². The molecule has 1 N–H and O–H groups in total. The molecule has 0 saturated carbocycles. The Labute approximate surface area is 107 Å². The highest BCUT2D eigenvalue weighted by Gasteiger charge is 2.10. The summed E-state index contributed by atoms with van der Waals surface area (Å²) in [6, 6.07) is 6.82. The van der Waals surface area contributed by atoms with Gasteiger partial charge in [-0.25, -0.2) is 0 Å². The van der Waals surface area contributed by atoms with E-state index in [1.165, 1.54) is 23.3 Å². The average molecular weight is 249 g/mol. The van der Waals surface area contributed by atoms with Crippen LogP contribution < -0.4 is 5.32 Å². The number of thiophene rings is 1. The highest BCUT2D eigenvalue weighted by atomic mass is 32.1. The summed E-state index contributed by atoms with van der Waals surface area (Å²) < 4.78 is 5.16. The van der Waals surface area contributed by atoms with Crippen LogP contribution >= 0.6 is 11.3 Å². The summed E-state index contributed by atoms with van der Waals surface area (Å²) in [7, 11) is 0. The van der Waals surface area contributed by atoms with E-state index >= 15 is 0 Å². The molecule has 0 bridgehead atoms. The normalized spacial score (nSPS) is 12.8. The van der Waals surface area contributed by atoms with Crippen LogP contribution in [0.1, 0.15) is 36.2 Å². The summed E-state index contributed by atoms with van der Waals surface area (Å²) in [6.07, 6.45) is 7.14. The summed E-state index contributed by atoms with van der Waals surface area (Å²) in [5.74, 6) is 0. The zero-order valence-electron chi connectivity index (χ0n) is 10.2. The van der Waals surface area contributed by atoms with E-state index in [2.05, 4.69) is 35.8 Å². The largest absolute Gasteiger partial charge is 0.472 e. The molecule has 2 rings (SSSR count). The summed E-state index contributed by atoms with van der Waals surface area (Å²) >= 11 is 1.85. The van der Waals surface area contributed by atoms with Crippen molar-refractivity contribution in [2.45, 2.75) is 32.2 Å². The van der Waals surface area contributed by atoms with E-state index in [4.69, 9.17) is 4.42 Å². The monoisotopic (exact) mass is 249 g/mol. The van der Waals surface area contributed by atoms with Gasteiger partial charge in [-0.2, -0.15) is 0 Å². The average Bonchev–Trinajstić information content (AvgIpc) is 3.01. The molecule has 2 heterocycles. The molecule has 0 radical (unpaired) electrons. The molecule has 0 aliphatic carbocycles. The molecular weight excluding hydrogens is 230 g/mol. The zero-order chi connectivity index (χ0) is 11.9. The predicted molar refractivity (Wildman–Crippen MR) is 72.4 cm³/mol. The molecule has 0 amide bonds. The van der Waals surface area contributed by atoms with Crippen molar-refractivity contribution in [2.75, 3.05) is 6.54 Å². The van der Waals surface area contributed by atoms with Crippen LogP contribution in [0.15, 0.2) is 40.5 Å². The van der Waals surface area contributed by atoms with Crippen LogP contribution in [0.3, 0.4) is 0 Å². The topological polar surface area (TPSA) is 25.2 Å². The minimum Gasteiger partial charge on any atom is -0.472 e. The van der Waals surface area contributed by atoms with E-state index < -0.39 is 0 Å². The second-order valence-electron chi connectivity index (χ2n) is 4.14. The summed E-state index contributed by atoms with van der Waals surface area (Å²) in [5.41, 5.74) is 1.26. The van der Waals surface area contributed by atoms with Crippen LogP contribution in [0.2, 0.25) is 0 Å². The maximum atomic E-state index is 5.16. The number of hydrogen-bond acceptors (Lipinski definition) is 3. The molecular formula is C14H19NOS. The lowest BCUT2D eigenvalue weighted by molar-refractivity contribution is 0.488. The van der Waals surface area contributed by atoms with E-state index in [1.54, 1.807) is 6.26 Å². The van der Waals surface area contributed by atoms with E-state index in [0.717, 1.165) is 13.0 Å². The zero-order valence-corrected chi connectivity index (χ0v) is 11.0. The Morgan fingerprint density at radius 2 is 2.35 bits per heavy atom. The Bertz CT molecular complexity index is 394. The van der Waals surface area contributed by atoms with Gasteiger partial charge < -0.3 is 9.73 Å². The van der Waals surface area contributed by atoms with Gasteiger partial charge in [0.05, 0.1) is 12.5 Å². The van der Waals surface area contributed by atoms with Crippen molar-refractivity contribution < 1.29 is 4.42 Å². The third kappa shape index (κ3) is 3.72. The minimum atomic E-state index is 0.429. The van der Waals surface area contributed by atoms with Gasteiger partial charge in [0.25, 0.3) is 0 Å². The van der Waals surface area contributed by atoms with Gasteiger partial charge in [-0.15, -0.1) is 11.3 Å². The van der Waals surface area contributed by atoms with Crippen LogP contribution in [-0.2, 0) is 6.42 Å². The minimum absolute atomic E-state index is 0.429. The molecule has 0 fully saturated rings. The third-order valence-corrected chi connectivity index (χ3v) is 3.83. The lowest BCUT2D eigenvalue weighted by Gasteiger charge is -2.15. The standard InChI is InChI=1S/C14H19NOS/c1-2-15-14(12-8-9-16-11-12)7-3-5-13-6-4-10-17-13/h4,6,8-11,14-15H,2-3,5,7H2,1H3. The Morgan fingerprint density at radius 1 is 1.41 bits per heavy atom. The Kier molecular flexibility index (Phi) is 4.83. The lowest BCUT2D eigenvalue weighted by Crippen LogP contribution is -2.20. The first-order valence-electron chi connectivity index (χ1n) is 6.18. The van der Waals surface area contributed by atoms with Crippen molar-refractivity contribution in [3.8, 4) is 0 Å². The highest BCUT2D eigenvalue weighted by molar-refractivity contribution is 7.09. The number of furan rings is 1. The van der Waals surface area contributed by atoms with E-state index in [-0.39, 0.29) is 0 Å². The van der Waals surface area contributed by atoms with E-state index in [9.17, 15) is 0 Å². The van der Waals surface area contributed by atoms with Gasteiger partial charge in [0.1, 0.15) is 0 Å². The van der Waals surface area contributed by atoms with Gasteiger partial charge in [0, 0.05) is 16.5 Å². The van der Waals surface area contributed by atoms with Crippen LogP contribution in [0.5, 0.6) is 0 Å². The molecule has 0 aromatic carbocycles. The summed E-state index contributed by atoms with van der Waals surface area (Å²) in [6.45, 7) is 3.14. The summed E-state index contributed by atoms with van der Waals surface area (Å²) in [5, 5.41) is 5.65. The van der Waals surface area contributed by atoms with E-state index in [0.29, 0.717) is 6.04 Å². The Balaban J connectivity index is 1.82. The fraction of sp³-hybridized carbons (Fsp3) is 0.429. The van der Waals surface area contributed by atoms with Crippen LogP contribution in [-0.4, -0.2) is 6.54 Å². The smallest absolute Gasteiger partial charge is 0.0950 e. The molecule has 0 aliphatic rings. The quantitative estimate of drug-likeness (QED) is 0.802. The fourth-order valence-corrected chi connectivity index (χ4v) is 2.79. The molecule has 0 aliphatic heterocycles. The SMILES string of the molecule is CCNC(CCCc1cccs1)c1ccoc1. The molecule has 1 atom stereocenters. The van der Waals surface area contributed by atoms with Crippen molar-refractivity contribution in [3.63, 3.8) is 0 Å². The first kappa shape index (κ1) is 12.4. The van der Waals surface area contributed by atoms with Crippen molar-refractivity contribution in [3.05, 3.63) is 46.5 Å². The molecule has 2 nitrogen and oxygen atoms in total. The van der Waals surface area contributed by atoms with Gasteiger partial charge in [0.2, 0.25) is 0 Å². The second-order valence-corrected chi connectivity index (χ2v) is 5.17. The third-order valence-electron chi connectivity index (χ3n) is 2.89. The fourth-order valence-electron chi connectivity index (χ4n) is 2.04. The molecule has 0 saturated heterocycles. The second kappa shape index (κ2) is 6.62. The number of hydrogen-bond donors (Lipinski definition) is 1.